The largest absolute Gasteiger partial charge is 0.493 e. The maximum atomic E-state index is 8.75. The minimum absolute atomic E-state index is 0.109. The van der Waals surface area contributed by atoms with Crippen molar-refractivity contribution < 1.29 is 4.74 Å². The van der Waals surface area contributed by atoms with E-state index < -0.39 is 0 Å². The first kappa shape index (κ1) is 12.7. The Kier molecular flexibility index (Phi) is 3.96. The van der Waals surface area contributed by atoms with E-state index in [2.05, 4.69) is 22.0 Å². The van der Waals surface area contributed by atoms with E-state index in [0.717, 1.165) is 24.2 Å². The fraction of sp³-hybridized carbons (Fsp3) is 0.462. The number of ether oxygens (including phenoxy) is 1. The monoisotopic (exact) mass is 313 g/mol. The quantitative estimate of drug-likeness (QED) is 0.759. The molecule has 0 heterocycles. The first-order chi connectivity index (χ1) is 8.19. The van der Waals surface area contributed by atoms with Crippen molar-refractivity contribution in [2.24, 2.45) is 5.41 Å². The van der Waals surface area contributed by atoms with Gasteiger partial charge in [0.1, 0.15) is 5.75 Å². The van der Waals surface area contributed by atoms with Crippen LogP contribution in [0.25, 0.3) is 0 Å². The molecule has 2 rings (SSSR count). The van der Waals surface area contributed by atoms with Gasteiger partial charge in [-0.2, -0.15) is 5.26 Å². The van der Waals surface area contributed by atoms with Crippen molar-refractivity contribution in [3.8, 4) is 11.8 Å². The van der Waals surface area contributed by atoms with Crippen molar-refractivity contribution in [3.05, 3.63) is 28.8 Å². The van der Waals surface area contributed by atoms with E-state index >= 15 is 0 Å². The molecule has 0 saturated heterocycles. The molecule has 1 aromatic carbocycles. The molecule has 0 aromatic heterocycles. The summed E-state index contributed by atoms with van der Waals surface area (Å²) in [5.41, 5.74) is 1.16. The second kappa shape index (κ2) is 5.29. The third-order valence-corrected chi connectivity index (χ3v) is 3.95. The standard InChI is InChI=1S/C13H13BrClNO/c14-8-10-7-11(15)1-2-12(10)17-9-13(3-4-13)5-6-16/h1-2,7H,3-5,8-9H2. The molecule has 2 nitrogen and oxygen atoms in total. The fourth-order valence-electron chi connectivity index (χ4n) is 1.74. The molecule has 0 bridgehead atoms. The molecule has 0 aliphatic heterocycles. The second-order valence-electron chi connectivity index (χ2n) is 4.51. The maximum absolute atomic E-state index is 8.75. The van der Waals surface area contributed by atoms with Gasteiger partial charge in [-0.05, 0) is 31.0 Å². The Morgan fingerprint density at radius 1 is 1.47 bits per heavy atom. The van der Waals surface area contributed by atoms with E-state index in [9.17, 15) is 0 Å². The van der Waals surface area contributed by atoms with E-state index in [1.165, 1.54) is 0 Å². The van der Waals surface area contributed by atoms with Crippen molar-refractivity contribution in [2.45, 2.75) is 24.6 Å². The average molecular weight is 315 g/mol. The highest BCUT2D eigenvalue weighted by Gasteiger charge is 2.43. The van der Waals surface area contributed by atoms with Crippen LogP contribution in [0.4, 0.5) is 0 Å². The smallest absolute Gasteiger partial charge is 0.123 e. The number of rotatable bonds is 5. The summed E-state index contributed by atoms with van der Waals surface area (Å²) in [6.45, 7) is 0.627. The summed E-state index contributed by atoms with van der Waals surface area (Å²) in [5, 5.41) is 10.2. The van der Waals surface area contributed by atoms with Crippen molar-refractivity contribution >= 4 is 27.5 Å². The third kappa shape index (κ3) is 3.14. The predicted molar refractivity (Wildman–Crippen MR) is 71.5 cm³/mol. The van der Waals surface area contributed by atoms with Crippen LogP contribution in [-0.4, -0.2) is 6.61 Å². The van der Waals surface area contributed by atoms with Gasteiger partial charge in [-0.3, -0.25) is 0 Å². The summed E-state index contributed by atoms with van der Waals surface area (Å²) in [6.07, 6.45) is 2.78. The lowest BCUT2D eigenvalue weighted by atomic mass is 10.1. The molecule has 1 saturated carbocycles. The van der Waals surface area contributed by atoms with Crippen LogP contribution in [0.15, 0.2) is 18.2 Å². The lowest BCUT2D eigenvalue weighted by Crippen LogP contribution is -2.13. The van der Waals surface area contributed by atoms with E-state index in [1.807, 2.05) is 18.2 Å². The highest BCUT2D eigenvalue weighted by atomic mass is 79.9. The molecule has 4 heteroatoms. The Bertz CT molecular complexity index is 451. The summed E-state index contributed by atoms with van der Waals surface area (Å²) in [4.78, 5) is 0. The highest BCUT2D eigenvalue weighted by Crippen LogP contribution is 2.48. The van der Waals surface area contributed by atoms with Crippen LogP contribution in [0.3, 0.4) is 0 Å². The molecule has 1 aliphatic rings. The van der Waals surface area contributed by atoms with Gasteiger partial charge >= 0.3 is 0 Å². The Morgan fingerprint density at radius 2 is 2.24 bits per heavy atom. The zero-order valence-corrected chi connectivity index (χ0v) is 11.7. The molecule has 90 valence electrons. The molecule has 1 fully saturated rings. The minimum Gasteiger partial charge on any atom is -0.493 e. The van der Waals surface area contributed by atoms with Crippen molar-refractivity contribution in [2.75, 3.05) is 6.61 Å². The molecular weight excluding hydrogens is 302 g/mol. The Labute approximate surface area is 115 Å². The molecule has 17 heavy (non-hydrogen) atoms. The Balaban J connectivity index is 2.02. The zero-order valence-electron chi connectivity index (χ0n) is 9.38. The summed E-state index contributed by atoms with van der Waals surface area (Å²) in [7, 11) is 0. The molecule has 1 aliphatic carbocycles. The first-order valence-corrected chi connectivity index (χ1v) is 7.03. The Hall–Kier alpha value is -0.720. The van der Waals surface area contributed by atoms with Crippen LogP contribution >= 0.6 is 27.5 Å². The van der Waals surface area contributed by atoms with E-state index in [1.54, 1.807) is 0 Å². The number of hydrogen-bond acceptors (Lipinski definition) is 2. The third-order valence-electron chi connectivity index (χ3n) is 3.11. The van der Waals surface area contributed by atoms with Crippen LogP contribution in [0.2, 0.25) is 5.02 Å². The molecule has 0 atom stereocenters. The average Bonchev–Trinajstić information content (AvgIpc) is 3.08. The maximum Gasteiger partial charge on any atom is 0.123 e. The lowest BCUT2D eigenvalue weighted by Gasteiger charge is -2.15. The van der Waals surface area contributed by atoms with Gasteiger partial charge in [0.25, 0.3) is 0 Å². The van der Waals surface area contributed by atoms with Crippen LogP contribution in [0.1, 0.15) is 24.8 Å². The Morgan fingerprint density at radius 3 is 2.82 bits per heavy atom. The van der Waals surface area contributed by atoms with Crippen LogP contribution in [-0.2, 0) is 5.33 Å². The SMILES string of the molecule is N#CCC1(COc2ccc(Cl)cc2CBr)CC1. The number of halogens is 2. The number of nitriles is 1. The van der Waals surface area contributed by atoms with Gasteiger partial charge < -0.3 is 4.74 Å². The van der Waals surface area contributed by atoms with Gasteiger partial charge in [0.05, 0.1) is 12.7 Å². The van der Waals surface area contributed by atoms with Crippen LogP contribution in [0.5, 0.6) is 5.75 Å². The topological polar surface area (TPSA) is 33.0 Å². The predicted octanol–water partition coefficient (Wildman–Crippen LogP) is 4.31. The van der Waals surface area contributed by atoms with Gasteiger partial charge in [-0.15, -0.1) is 0 Å². The van der Waals surface area contributed by atoms with Gasteiger partial charge in [-0.25, -0.2) is 0 Å². The highest BCUT2D eigenvalue weighted by molar-refractivity contribution is 9.08. The number of nitrogens with zero attached hydrogens (tertiary/aromatic N) is 1. The summed E-state index contributed by atoms with van der Waals surface area (Å²) in [6, 6.07) is 7.85. The van der Waals surface area contributed by atoms with Gasteiger partial charge in [0, 0.05) is 27.8 Å². The van der Waals surface area contributed by atoms with Crippen molar-refractivity contribution in [1.29, 1.82) is 5.26 Å². The molecule has 0 spiro atoms. The zero-order chi connectivity index (χ0) is 12.3. The molecular formula is C13H13BrClNO. The van der Waals surface area contributed by atoms with E-state index in [-0.39, 0.29) is 5.41 Å². The molecule has 0 unspecified atom stereocenters. The lowest BCUT2D eigenvalue weighted by molar-refractivity contribution is 0.235. The fourth-order valence-corrected chi connectivity index (χ4v) is 2.37. The van der Waals surface area contributed by atoms with Gasteiger partial charge in [-0.1, -0.05) is 27.5 Å². The van der Waals surface area contributed by atoms with Crippen molar-refractivity contribution in [3.63, 3.8) is 0 Å². The molecule has 1 aromatic rings. The van der Waals surface area contributed by atoms with E-state index in [4.69, 9.17) is 21.6 Å². The number of hydrogen-bond donors (Lipinski definition) is 0. The van der Waals surface area contributed by atoms with Crippen LogP contribution < -0.4 is 4.74 Å². The van der Waals surface area contributed by atoms with Gasteiger partial charge in [0.15, 0.2) is 0 Å². The van der Waals surface area contributed by atoms with Crippen molar-refractivity contribution in [1.82, 2.24) is 0 Å². The second-order valence-corrected chi connectivity index (χ2v) is 5.51. The van der Waals surface area contributed by atoms with E-state index in [0.29, 0.717) is 23.4 Å². The molecule has 0 amide bonds. The number of alkyl halides is 1. The van der Waals surface area contributed by atoms with Gasteiger partial charge in [0.2, 0.25) is 0 Å². The van der Waals surface area contributed by atoms with Crippen LogP contribution in [0, 0.1) is 16.7 Å². The first-order valence-electron chi connectivity index (χ1n) is 5.53. The summed E-state index contributed by atoms with van der Waals surface area (Å²) >= 11 is 9.35. The molecule has 0 N–H and O–H groups in total. The minimum atomic E-state index is 0.109. The summed E-state index contributed by atoms with van der Waals surface area (Å²) in [5.74, 6) is 0.857. The molecule has 0 radical (unpaired) electrons. The normalized spacial score (nSPS) is 16.3. The number of benzene rings is 1. The summed E-state index contributed by atoms with van der Waals surface area (Å²) < 4.78 is 5.82.